The fraction of sp³-hybridized carbons (Fsp3) is 0.938. The van der Waals surface area contributed by atoms with Crippen LogP contribution in [0.1, 0.15) is 58.8 Å². The molecule has 19 heavy (non-hydrogen) atoms. The molecule has 1 saturated heterocycles. The third-order valence-electron chi connectivity index (χ3n) is 5.14. The van der Waals surface area contributed by atoms with Crippen LogP contribution in [0.4, 0.5) is 0 Å². The van der Waals surface area contributed by atoms with Gasteiger partial charge in [-0.25, -0.2) is 0 Å². The Morgan fingerprint density at radius 2 is 1.79 bits per heavy atom. The molecule has 1 heterocycles. The second-order valence-electron chi connectivity index (χ2n) is 6.62. The number of hydrogen-bond acceptors (Lipinski definition) is 2. The summed E-state index contributed by atoms with van der Waals surface area (Å²) in [7, 11) is 0. The topological polar surface area (TPSA) is 41.1 Å². The second kappa shape index (κ2) is 7.28. The Labute approximate surface area is 117 Å². The van der Waals surface area contributed by atoms with Crippen LogP contribution in [0.3, 0.4) is 0 Å². The number of carbonyl (C=O) groups excluding carboxylic acids is 1. The third-order valence-corrected chi connectivity index (χ3v) is 5.14. The summed E-state index contributed by atoms with van der Waals surface area (Å²) in [4.78, 5) is 12.1. The Hall–Kier alpha value is -0.570. The summed E-state index contributed by atoms with van der Waals surface area (Å²) < 4.78 is 0. The average Bonchev–Trinajstić information content (AvgIpc) is 2.46. The van der Waals surface area contributed by atoms with Gasteiger partial charge in [0.2, 0.25) is 5.91 Å². The van der Waals surface area contributed by atoms with E-state index in [0.29, 0.717) is 6.04 Å². The fourth-order valence-electron chi connectivity index (χ4n) is 3.46. The van der Waals surface area contributed by atoms with Crippen molar-refractivity contribution in [1.82, 2.24) is 10.6 Å². The molecule has 2 fully saturated rings. The van der Waals surface area contributed by atoms with Crippen LogP contribution in [0, 0.1) is 17.8 Å². The number of piperidine rings is 1. The SMILES string of the molecule is CCC1CCC(CNC(=O)C2CCC(C)NC2)CC1. The highest BCUT2D eigenvalue weighted by molar-refractivity contribution is 5.78. The van der Waals surface area contributed by atoms with E-state index in [1.54, 1.807) is 0 Å². The van der Waals surface area contributed by atoms with E-state index >= 15 is 0 Å². The molecule has 1 saturated carbocycles. The van der Waals surface area contributed by atoms with Crippen LogP contribution < -0.4 is 10.6 Å². The van der Waals surface area contributed by atoms with Crippen LogP contribution in [-0.4, -0.2) is 25.0 Å². The van der Waals surface area contributed by atoms with Crippen molar-refractivity contribution in [3.8, 4) is 0 Å². The minimum atomic E-state index is 0.197. The molecule has 0 aromatic carbocycles. The summed E-state index contributed by atoms with van der Waals surface area (Å²) in [6, 6.07) is 0.577. The molecule has 0 bridgehead atoms. The van der Waals surface area contributed by atoms with Gasteiger partial charge >= 0.3 is 0 Å². The smallest absolute Gasteiger partial charge is 0.224 e. The normalized spacial score (nSPS) is 35.9. The van der Waals surface area contributed by atoms with Gasteiger partial charge in [-0.1, -0.05) is 26.2 Å². The molecule has 1 amide bonds. The summed E-state index contributed by atoms with van der Waals surface area (Å²) in [5, 5.41) is 6.59. The summed E-state index contributed by atoms with van der Waals surface area (Å²) in [6.45, 7) is 6.25. The zero-order chi connectivity index (χ0) is 13.7. The molecule has 110 valence electrons. The maximum atomic E-state index is 12.1. The van der Waals surface area contributed by atoms with E-state index in [4.69, 9.17) is 0 Å². The third kappa shape index (κ3) is 4.48. The van der Waals surface area contributed by atoms with Gasteiger partial charge < -0.3 is 10.6 Å². The van der Waals surface area contributed by atoms with Gasteiger partial charge in [0.1, 0.15) is 0 Å². The maximum Gasteiger partial charge on any atom is 0.224 e. The van der Waals surface area contributed by atoms with E-state index in [0.717, 1.165) is 37.8 Å². The fourth-order valence-corrected chi connectivity index (χ4v) is 3.46. The van der Waals surface area contributed by atoms with Gasteiger partial charge in [-0.3, -0.25) is 4.79 Å². The maximum absolute atomic E-state index is 12.1. The molecule has 2 unspecified atom stereocenters. The number of amides is 1. The first kappa shape index (κ1) is 14.8. The van der Waals surface area contributed by atoms with E-state index < -0.39 is 0 Å². The van der Waals surface area contributed by atoms with Crippen LogP contribution in [0.2, 0.25) is 0 Å². The molecule has 2 atom stereocenters. The largest absolute Gasteiger partial charge is 0.356 e. The highest BCUT2D eigenvalue weighted by Gasteiger charge is 2.25. The molecule has 1 aliphatic heterocycles. The molecule has 0 radical (unpaired) electrons. The van der Waals surface area contributed by atoms with E-state index in [2.05, 4.69) is 24.5 Å². The van der Waals surface area contributed by atoms with Crippen LogP contribution in [-0.2, 0) is 4.79 Å². The standard InChI is InChI=1S/C16H30N2O/c1-3-13-5-7-14(8-6-13)10-18-16(19)15-9-4-12(2)17-11-15/h12-15,17H,3-11H2,1-2H3,(H,18,19). The molecular weight excluding hydrogens is 236 g/mol. The number of rotatable bonds is 4. The predicted molar refractivity (Wildman–Crippen MR) is 78.9 cm³/mol. The Balaban J connectivity index is 1.64. The highest BCUT2D eigenvalue weighted by Crippen LogP contribution is 2.30. The number of carbonyl (C=O) groups is 1. The van der Waals surface area contributed by atoms with Crippen LogP contribution in [0.25, 0.3) is 0 Å². The zero-order valence-corrected chi connectivity index (χ0v) is 12.6. The van der Waals surface area contributed by atoms with Crippen molar-refractivity contribution in [2.75, 3.05) is 13.1 Å². The lowest BCUT2D eigenvalue weighted by Crippen LogP contribution is -2.45. The van der Waals surface area contributed by atoms with Gasteiger partial charge in [0.25, 0.3) is 0 Å². The van der Waals surface area contributed by atoms with E-state index in [1.165, 1.54) is 32.1 Å². The van der Waals surface area contributed by atoms with Gasteiger partial charge in [0.15, 0.2) is 0 Å². The van der Waals surface area contributed by atoms with Crippen molar-refractivity contribution in [2.45, 2.75) is 64.8 Å². The molecule has 2 aliphatic rings. The Morgan fingerprint density at radius 1 is 1.11 bits per heavy atom. The van der Waals surface area contributed by atoms with Crippen molar-refractivity contribution in [1.29, 1.82) is 0 Å². The lowest BCUT2D eigenvalue weighted by Gasteiger charge is -2.30. The van der Waals surface area contributed by atoms with Gasteiger partial charge in [-0.05, 0) is 44.4 Å². The van der Waals surface area contributed by atoms with Crippen LogP contribution in [0.15, 0.2) is 0 Å². The van der Waals surface area contributed by atoms with Gasteiger partial charge in [0.05, 0.1) is 5.92 Å². The highest BCUT2D eigenvalue weighted by atomic mass is 16.1. The van der Waals surface area contributed by atoms with E-state index in [-0.39, 0.29) is 11.8 Å². The van der Waals surface area contributed by atoms with Gasteiger partial charge in [-0.2, -0.15) is 0 Å². The molecule has 0 aromatic heterocycles. The molecular formula is C16H30N2O. The first-order valence-corrected chi connectivity index (χ1v) is 8.20. The lowest BCUT2D eigenvalue weighted by atomic mass is 9.81. The Kier molecular flexibility index (Phi) is 5.68. The summed E-state index contributed by atoms with van der Waals surface area (Å²) in [6.07, 6.45) is 8.82. The van der Waals surface area contributed by atoms with Crippen molar-refractivity contribution in [3.63, 3.8) is 0 Å². The molecule has 3 nitrogen and oxygen atoms in total. The van der Waals surface area contributed by atoms with Crippen LogP contribution in [0.5, 0.6) is 0 Å². The zero-order valence-electron chi connectivity index (χ0n) is 12.6. The molecule has 1 aliphatic carbocycles. The first-order valence-electron chi connectivity index (χ1n) is 8.20. The predicted octanol–water partition coefficient (Wildman–Crippen LogP) is 2.71. The molecule has 0 aromatic rings. The van der Waals surface area contributed by atoms with E-state index in [1.807, 2.05) is 0 Å². The van der Waals surface area contributed by atoms with Gasteiger partial charge in [0, 0.05) is 19.1 Å². The molecule has 2 N–H and O–H groups in total. The second-order valence-corrected chi connectivity index (χ2v) is 6.62. The number of hydrogen-bond donors (Lipinski definition) is 2. The Bertz CT molecular complexity index is 276. The van der Waals surface area contributed by atoms with E-state index in [9.17, 15) is 4.79 Å². The van der Waals surface area contributed by atoms with Crippen LogP contribution >= 0.6 is 0 Å². The minimum Gasteiger partial charge on any atom is -0.356 e. The number of nitrogens with one attached hydrogen (secondary N) is 2. The quantitative estimate of drug-likeness (QED) is 0.821. The molecule has 0 spiro atoms. The lowest BCUT2D eigenvalue weighted by molar-refractivity contribution is -0.125. The first-order chi connectivity index (χ1) is 9.19. The molecule has 2 rings (SSSR count). The minimum absolute atomic E-state index is 0.197. The monoisotopic (exact) mass is 266 g/mol. The van der Waals surface area contributed by atoms with Crippen molar-refractivity contribution < 1.29 is 4.79 Å². The van der Waals surface area contributed by atoms with Crippen molar-refractivity contribution in [2.24, 2.45) is 17.8 Å². The van der Waals surface area contributed by atoms with Crippen molar-refractivity contribution >= 4 is 5.91 Å². The Morgan fingerprint density at radius 3 is 2.37 bits per heavy atom. The summed E-state index contributed by atoms with van der Waals surface area (Å²) in [5.74, 6) is 2.14. The van der Waals surface area contributed by atoms with Gasteiger partial charge in [-0.15, -0.1) is 0 Å². The molecule has 3 heteroatoms. The average molecular weight is 266 g/mol. The summed E-state index contributed by atoms with van der Waals surface area (Å²) >= 11 is 0. The van der Waals surface area contributed by atoms with Crippen molar-refractivity contribution in [3.05, 3.63) is 0 Å². The summed E-state index contributed by atoms with van der Waals surface area (Å²) in [5.41, 5.74) is 0.